The number of hydrogen-bond donors (Lipinski definition) is 2. The van der Waals surface area contributed by atoms with Gasteiger partial charge in [-0.15, -0.1) is 0 Å². The van der Waals surface area contributed by atoms with Crippen molar-refractivity contribution in [2.24, 2.45) is 5.14 Å². The zero-order chi connectivity index (χ0) is 14.8. The summed E-state index contributed by atoms with van der Waals surface area (Å²) in [5.41, 5.74) is -0.197. The molecule has 0 spiro atoms. The summed E-state index contributed by atoms with van der Waals surface area (Å²) in [6.07, 6.45) is 0.855. The molecular weight excluding hydrogens is 299 g/mol. The minimum absolute atomic E-state index is 0.197. The Bertz CT molecular complexity index is 712. The van der Waals surface area contributed by atoms with Gasteiger partial charge in [-0.2, -0.15) is 0 Å². The van der Waals surface area contributed by atoms with E-state index in [1.807, 2.05) is 0 Å². The summed E-state index contributed by atoms with van der Waals surface area (Å²) >= 11 is 0. The van der Waals surface area contributed by atoms with E-state index in [1.165, 1.54) is 0 Å². The van der Waals surface area contributed by atoms with Crippen LogP contribution in [0.25, 0.3) is 0 Å². The topological polar surface area (TPSA) is 123 Å². The van der Waals surface area contributed by atoms with Crippen LogP contribution in [0.1, 0.15) is 0 Å². The van der Waals surface area contributed by atoms with Gasteiger partial charge in [0.05, 0.1) is 4.90 Å². The van der Waals surface area contributed by atoms with Crippen LogP contribution in [0, 0.1) is 5.82 Å². The summed E-state index contributed by atoms with van der Waals surface area (Å²) in [5, 5.41) is 6.90. The Hall–Kier alpha value is -1.52. The minimum atomic E-state index is -4.13. The third-order valence-electron chi connectivity index (χ3n) is 1.88. The lowest BCUT2D eigenvalue weighted by Gasteiger charge is -2.06. The number of rotatable bonds is 4. The van der Waals surface area contributed by atoms with Gasteiger partial charge in [0.15, 0.2) is 9.84 Å². The van der Waals surface area contributed by atoms with E-state index in [0.717, 1.165) is 18.4 Å². The van der Waals surface area contributed by atoms with Crippen LogP contribution in [-0.2, 0) is 24.7 Å². The monoisotopic (exact) mass is 310 g/mol. The van der Waals surface area contributed by atoms with Crippen LogP contribution in [0.3, 0.4) is 0 Å². The number of anilines is 1. The van der Waals surface area contributed by atoms with Crippen LogP contribution >= 0.6 is 0 Å². The summed E-state index contributed by atoms with van der Waals surface area (Å²) in [4.78, 5) is 10.8. The molecule has 0 fully saturated rings. The highest BCUT2D eigenvalue weighted by atomic mass is 32.2. The molecule has 0 unspecified atom stereocenters. The Balaban J connectivity index is 3.03. The molecule has 1 aromatic carbocycles. The molecule has 7 nitrogen and oxygen atoms in total. The van der Waals surface area contributed by atoms with Crippen molar-refractivity contribution < 1.29 is 26.0 Å². The van der Waals surface area contributed by atoms with E-state index >= 15 is 0 Å². The molecule has 0 aliphatic heterocycles. The van der Waals surface area contributed by atoms with Gasteiger partial charge in [0, 0.05) is 11.9 Å². The smallest absolute Gasteiger partial charge is 0.239 e. The number of sulfonamides is 1. The molecule has 1 rings (SSSR count). The molecule has 19 heavy (non-hydrogen) atoms. The van der Waals surface area contributed by atoms with Gasteiger partial charge in [0.25, 0.3) is 0 Å². The molecule has 0 bridgehead atoms. The maximum Gasteiger partial charge on any atom is 0.239 e. The van der Waals surface area contributed by atoms with Crippen molar-refractivity contribution in [3.05, 3.63) is 24.0 Å². The van der Waals surface area contributed by atoms with Crippen molar-refractivity contribution in [2.75, 3.05) is 17.3 Å². The molecular formula is C9H11FN2O5S2. The average Bonchev–Trinajstić information content (AvgIpc) is 2.11. The molecule has 0 aromatic heterocycles. The molecule has 0 atom stereocenters. The van der Waals surface area contributed by atoms with Gasteiger partial charge in [-0.25, -0.2) is 26.4 Å². The summed E-state index contributed by atoms with van der Waals surface area (Å²) in [6, 6.07) is 2.45. The van der Waals surface area contributed by atoms with E-state index in [9.17, 15) is 26.0 Å². The van der Waals surface area contributed by atoms with Crippen LogP contribution in [-0.4, -0.2) is 34.8 Å². The Morgan fingerprint density at radius 2 is 1.84 bits per heavy atom. The van der Waals surface area contributed by atoms with Gasteiger partial charge >= 0.3 is 0 Å². The summed E-state index contributed by atoms with van der Waals surface area (Å²) in [5.74, 6) is -2.64. The van der Waals surface area contributed by atoms with E-state index in [2.05, 4.69) is 5.32 Å². The predicted octanol–water partition coefficient (Wildman–Crippen LogP) is -0.544. The number of hydrogen-bond acceptors (Lipinski definition) is 5. The number of carbonyl (C=O) groups is 1. The third kappa shape index (κ3) is 5.32. The van der Waals surface area contributed by atoms with Crippen molar-refractivity contribution in [3.8, 4) is 0 Å². The first kappa shape index (κ1) is 15.5. The van der Waals surface area contributed by atoms with Crippen LogP contribution in [0.4, 0.5) is 10.1 Å². The zero-order valence-electron chi connectivity index (χ0n) is 9.75. The SMILES string of the molecule is CS(=O)(=O)CC(=O)Nc1cc(F)cc(S(N)(=O)=O)c1. The normalized spacial score (nSPS) is 12.2. The third-order valence-corrected chi connectivity index (χ3v) is 3.56. The fourth-order valence-electron chi connectivity index (χ4n) is 1.23. The zero-order valence-corrected chi connectivity index (χ0v) is 11.4. The summed E-state index contributed by atoms with van der Waals surface area (Å²) in [6.45, 7) is 0. The lowest BCUT2D eigenvalue weighted by molar-refractivity contribution is -0.113. The highest BCUT2D eigenvalue weighted by Crippen LogP contribution is 2.17. The lowest BCUT2D eigenvalue weighted by atomic mass is 10.3. The molecule has 1 aromatic rings. The largest absolute Gasteiger partial charge is 0.325 e. The van der Waals surface area contributed by atoms with Gasteiger partial charge < -0.3 is 5.32 Å². The number of benzene rings is 1. The molecule has 0 radical (unpaired) electrons. The van der Waals surface area contributed by atoms with Crippen LogP contribution in [0.2, 0.25) is 0 Å². The fourth-order valence-corrected chi connectivity index (χ4v) is 2.35. The Labute approximate surface area is 109 Å². The van der Waals surface area contributed by atoms with Gasteiger partial charge in [0.2, 0.25) is 15.9 Å². The van der Waals surface area contributed by atoms with Gasteiger partial charge in [-0.3, -0.25) is 4.79 Å². The van der Waals surface area contributed by atoms with Gasteiger partial charge in [-0.1, -0.05) is 0 Å². The van der Waals surface area contributed by atoms with Gasteiger partial charge in [0.1, 0.15) is 11.6 Å². The van der Waals surface area contributed by atoms with Crippen molar-refractivity contribution in [1.82, 2.24) is 0 Å². The first-order valence-electron chi connectivity index (χ1n) is 4.78. The van der Waals surface area contributed by atoms with E-state index in [-0.39, 0.29) is 5.69 Å². The number of nitrogens with two attached hydrogens (primary N) is 1. The maximum absolute atomic E-state index is 13.2. The Kier molecular flexibility index (Phi) is 4.28. The predicted molar refractivity (Wildman–Crippen MR) is 66.1 cm³/mol. The molecule has 10 heteroatoms. The molecule has 0 aliphatic rings. The van der Waals surface area contributed by atoms with E-state index in [0.29, 0.717) is 6.07 Å². The molecule has 0 saturated heterocycles. The van der Waals surface area contributed by atoms with E-state index < -0.39 is 42.2 Å². The first-order chi connectivity index (χ1) is 8.47. The first-order valence-corrected chi connectivity index (χ1v) is 8.39. The van der Waals surface area contributed by atoms with Crippen molar-refractivity contribution in [1.29, 1.82) is 0 Å². The second-order valence-corrected chi connectivity index (χ2v) is 7.54. The highest BCUT2D eigenvalue weighted by molar-refractivity contribution is 7.91. The number of amides is 1. The Morgan fingerprint density at radius 1 is 1.26 bits per heavy atom. The highest BCUT2D eigenvalue weighted by Gasteiger charge is 2.14. The summed E-state index contributed by atoms with van der Waals surface area (Å²) in [7, 11) is -7.67. The Morgan fingerprint density at radius 3 is 2.32 bits per heavy atom. The molecule has 106 valence electrons. The molecule has 3 N–H and O–H groups in total. The van der Waals surface area contributed by atoms with E-state index in [1.54, 1.807) is 0 Å². The average molecular weight is 310 g/mol. The molecule has 0 heterocycles. The fraction of sp³-hybridized carbons (Fsp3) is 0.222. The number of halogens is 1. The van der Waals surface area contributed by atoms with Crippen LogP contribution < -0.4 is 10.5 Å². The van der Waals surface area contributed by atoms with Crippen molar-refractivity contribution in [3.63, 3.8) is 0 Å². The minimum Gasteiger partial charge on any atom is -0.325 e. The standard InChI is InChI=1S/C9H11FN2O5S2/c1-18(14,15)5-9(13)12-7-2-6(10)3-8(4-7)19(11,16)17/h2-4H,5H2,1H3,(H,12,13)(H2,11,16,17). The maximum atomic E-state index is 13.2. The number of nitrogens with one attached hydrogen (secondary N) is 1. The second kappa shape index (κ2) is 5.23. The van der Waals surface area contributed by atoms with Crippen LogP contribution in [0.15, 0.2) is 23.1 Å². The molecule has 0 aliphatic carbocycles. The van der Waals surface area contributed by atoms with Crippen molar-refractivity contribution >= 4 is 31.5 Å². The quantitative estimate of drug-likeness (QED) is 0.772. The molecule has 0 saturated carbocycles. The van der Waals surface area contributed by atoms with Crippen LogP contribution in [0.5, 0.6) is 0 Å². The molecule has 1 amide bonds. The second-order valence-electron chi connectivity index (χ2n) is 3.84. The summed E-state index contributed by atoms with van der Waals surface area (Å²) < 4.78 is 57.0. The number of sulfone groups is 1. The van der Waals surface area contributed by atoms with E-state index in [4.69, 9.17) is 5.14 Å². The van der Waals surface area contributed by atoms with Gasteiger partial charge in [-0.05, 0) is 18.2 Å². The number of carbonyl (C=O) groups excluding carboxylic acids is 1. The number of primary sulfonamides is 1. The lowest BCUT2D eigenvalue weighted by Crippen LogP contribution is -2.22. The van der Waals surface area contributed by atoms with Crippen molar-refractivity contribution in [2.45, 2.75) is 4.90 Å².